The molecule has 1 aliphatic heterocycles. The zero-order chi connectivity index (χ0) is 16.1. The molecular weight excluding hydrogens is 337 g/mol. The number of anilines is 1. The zero-order valence-electron chi connectivity index (χ0n) is 13.0. The lowest BCUT2D eigenvalue weighted by atomic mass is 10.0. The maximum absolute atomic E-state index is 6.13. The zero-order valence-corrected chi connectivity index (χ0v) is 15.4. The van der Waals surface area contributed by atoms with E-state index in [0.29, 0.717) is 27.2 Å². The lowest BCUT2D eigenvalue weighted by Crippen LogP contribution is -2.49. The summed E-state index contributed by atoms with van der Waals surface area (Å²) >= 11 is 17.4. The first-order chi connectivity index (χ1) is 10.5. The van der Waals surface area contributed by atoms with Crippen molar-refractivity contribution >= 4 is 46.2 Å². The number of hydrogen-bond acceptors (Lipinski definition) is 2. The van der Waals surface area contributed by atoms with E-state index in [-0.39, 0.29) is 0 Å². The molecule has 122 valence electrons. The third-order valence-corrected chi connectivity index (χ3v) is 4.95. The maximum Gasteiger partial charge on any atom is 0.170 e. The predicted molar refractivity (Wildman–Crippen MR) is 100 cm³/mol. The largest absolute Gasteiger partial charge is 0.361 e. The Morgan fingerprint density at radius 2 is 2.18 bits per heavy atom. The molecule has 6 heteroatoms. The molecule has 1 heterocycles. The van der Waals surface area contributed by atoms with Crippen molar-refractivity contribution in [2.24, 2.45) is 0 Å². The Kier molecular flexibility index (Phi) is 6.75. The smallest absolute Gasteiger partial charge is 0.170 e. The number of thiocarbonyl (C=S) groups is 1. The van der Waals surface area contributed by atoms with Crippen LogP contribution in [0.2, 0.25) is 10.0 Å². The molecule has 2 atom stereocenters. The van der Waals surface area contributed by atoms with E-state index >= 15 is 0 Å². The van der Waals surface area contributed by atoms with Gasteiger partial charge in [0.25, 0.3) is 0 Å². The molecular formula is C16H23Cl2N3S. The molecule has 0 bridgehead atoms. The number of likely N-dealkylation sites (tertiary alicyclic amines) is 1. The van der Waals surface area contributed by atoms with Gasteiger partial charge in [-0.25, -0.2) is 0 Å². The van der Waals surface area contributed by atoms with Crippen LogP contribution in [-0.2, 0) is 0 Å². The van der Waals surface area contributed by atoms with E-state index in [2.05, 4.69) is 29.4 Å². The summed E-state index contributed by atoms with van der Waals surface area (Å²) in [5.74, 6) is 0. The molecule has 3 nitrogen and oxygen atoms in total. The number of piperidine rings is 1. The minimum Gasteiger partial charge on any atom is -0.361 e. The van der Waals surface area contributed by atoms with Crippen molar-refractivity contribution < 1.29 is 0 Å². The second-order valence-corrected chi connectivity index (χ2v) is 7.14. The van der Waals surface area contributed by atoms with Crippen LogP contribution >= 0.6 is 35.4 Å². The fourth-order valence-corrected chi connectivity index (χ4v) is 3.54. The normalized spacial score (nSPS) is 20.5. The van der Waals surface area contributed by atoms with Crippen LogP contribution in [0.15, 0.2) is 18.2 Å². The van der Waals surface area contributed by atoms with Gasteiger partial charge in [-0.2, -0.15) is 0 Å². The van der Waals surface area contributed by atoms with Gasteiger partial charge in [0.05, 0.1) is 10.7 Å². The first-order valence-electron chi connectivity index (χ1n) is 7.73. The molecule has 1 aromatic rings. The minimum atomic E-state index is 0.454. The highest BCUT2D eigenvalue weighted by Crippen LogP contribution is 2.25. The molecule has 1 saturated heterocycles. The van der Waals surface area contributed by atoms with E-state index in [0.717, 1.165) is 12.2 Å². The number of benzene rings is 1. The van der Waals surface area contributed by atoms with Gasteiger partial charge in [0.15, 0.2) is 5.11 Å². The highest BCUT2D eigenvalue weighted by Gasteiger charge is 2.22. The van der Waals surface area contributed by atoms with Crippen molar-refractivity contribution in [1.29, 1.82) is 0 Å². The Bertz CT molecular complexity index is 524. The number of nitrogens with zero attached hydrogens (tertiary/aromatic N) is 1. The van der Waals surface area contributed by atoms with Crippen LogP contribution in [0.5, 0.6) is 0 Å². The summed E-state index contributed by atoms with van der Waals surface area (Å²) in [7, 11) is 0. The summed E-state index contributed by atoms with van der Waals surface area (Å²) < 4.78 is 0. The van der Waals surface area contributed by atoms with Crippen LogP contribution < -0.4 is 10.6 Å². The molecule has 0 unspecified atom stereocenters. The first-order valence-corrected chi connectivity index (χ1v) is 8.89. The number of rotatable bonds is 4. The van der Waals surface area contributed by atoms with E-state index in [4.69, 9.17) is 35.4 Å². The van der Waals surface area contributed by atoms with Gasteiger partial charge in [0.2, 0.25) is 0 Å². The van der Waals surface area contributed by atoms with Crippen molar-refractivity contribution in [3.05, 3.63) is 28.2 Å². The lowest BCUT2D eigenvalue weighted by Gasteiger charge is -2.38. The third kappa shape index (κ3) is 4.98. The SMILES string of the molecule is C[C@@H]1CCCCN1[C@H](C)CNC(=S)Nc1ccc(Cl)cc1Cl. The van der Waals surface area contributed by atoms with Crippen LogP contribution in [0.4, 0.5) is 5.69 Å². The molecule has 0 aliphatic carbocycles. The summed E-state index contributed by atoms with van der Waals surface area (Å²) in [5, 5.41) is 8.16. The highest BCUT2D eigenvalue weighted by atomic mass is 35.5. The van der Waals surface area contributed by atoms with Crippen molar-refractivity contribution in [2.75, 3.05) is 18.4 Å². The van der Waals surface area contributed by atoms with E-state index in [9.17, 15) is 0 Å². The van der Waals surface area contributed by atoms with Crippen LogP contribution in [0.25, 0.3) is 0 Å². The van der Waals surface area contributed by atoms with Gasteiger partial charge < -0.3 is 10.6 Å². The van der Waals surface area contributed by atoms with Crippen molar-refractivity contribution in [1.82, 2.24) is 10.2 Å². The van der Waals surface area contributed by atoms with Crippen molar-refractivity contribution in [3.8, 4) is 0 Å². The Morgan fingerprint density at radius 1 is 1.41 bits per heavy atom. The highest BCUT2D eigenvalue weighted by molar-refractivity contribution is 7.80. The molecule has 1 aliphatic rings. The second kappa shape index (κ2) is 8.34. The first kappa shape index (κ1) is 17.8. The van der Waals surface area contributed by atoms with Gasteiger partial charge >= 0.3 is 0 Å². The molecule has 2 N–H and O–H groups in total. The molecule has 1 aromatic carbocycles. The fourth-order valence-electron chi connectivity index (χ4n) is 2.89. The van der Waals surface area contributed by atoms with Crippen LogP contribution in [0, 0.1) is 0 Å². The monoisotopic (exact) mass is 359 g/mol. The van der Waals surface area contributed by atoms with Gasteiger partial charge in [0, 0.05) is 23.7 Å². The molecule has 0 saturated carbocycles. The van der Waals surface area contributed by atoms with Crippen molar-refractivity contribution in [2.45, 2.75) is 45.2 Å². The maximum atomic E-state index is 6.13. The van der Waals surface area contributed by atoms with Gasteiger partial charge in [-0.15, -0.1) is 0 Å². The molecule has 2 rings (SSSR count). The predicted octanol–water partition coefficient (Wildman–Crippen LogP) is 4.54. The summed E-state index contributed by atoms with van der Waals surface area (Å²) in [6, 6.07) is 6.42. The number of hydrogen-bond donors (Lipinski definition) is 2. The molecule has 0 radical (unpaired) electrons. The molecule has 0 aromatic heterocycles. The van der Waals surface area contributed by atoms with E-state index in [1.165, 1.54) is 25.8 Å². The Labute approximate surface area is 148 Å². The quantitative estimate of drug-likeness (QED) is 0.771. The van der Waals surface area contributed by atoms with Crippen LogP contribution in [0.3, 0.4) is 0 Å². The summed E-state index contributed by atoms with van der Waals surface area (Å²) in [6.07, 6.45) is 3.91. The van der Waals surface area contributed by atoms with E-state index in [1.54, 1.807) is 12.1 Å². The summed E-state index contributed by atoms with van der Waals surface area (Å²) in [6.45, 7) is 6.54. The van der Waals surface area contributed by atoms with Crippen LogP contribution in [0.1, 0.15) is 33.1 Å². The fraction of sp³-hybridized carbons (Fsp3) is 0.562. The number of nitrogens with one attached hydrogen (secondary N) is 2. The third-order valence-electron chi connectivity index (χ3n) is 4.16. The second-order valence-electron chi connectivity index (χ2n) is 5.89. The summed E-state index contributed by atoms with van der Waals surface area (Å²) in [4.78, 5) is 2.55. The van der Waals surface area contributed by atoms with Gasteiger partial charge in [-0.1, -0.05) is 29.6 Å². The standard InChI is InChI=1S/C16H23Cl2N3S/c1-11-5-3-4-8-21(11)12(2)10-19-16(22)20-15-7-6-13(17)9-14(15)18/h6-7,9,11-12H,3-5,8,10H2,1-2H3,(H2,19,20,22)/t11-,12-/m1/s1. The topological polar surface area (TPSA) is 27.3 Å². The van der Waals surface area contributed by atoms with Crippen LogP contribution in [-0.4, -0.2) is 35.2 Å². The average molecular weight is 360 g/mol. The Morgan fingerprint density at radius 3 is 2.86 bits per heavy atom. The van der Waals surface area contributed by atoms with E-state index in [1.807, 2.05) is 6.07 Å². The van der Waals surface area contributed by atoms with Gasteiger partial charge in [-0.05, 0) is 63.7 Å². The molecule has 0 amide bonds. The van der Waals surface area contributed by atoms with Crippen molar-refractivity contribution in [3.63, 3.8) is 0 Å². The Hall–Kier alpha value is -0.550. The lowest BCUT2D eigenvalue weighted by molar-refractivity contribution is 0.116. The molecule has 0 spiro atoms. The molecule has 1 fully saturated rings. The number of halogens is 2. The average Bonchev–Trinajstić information content (AvgIpc) is 2.48. The van der Waals surface area contributed by atoms with Gasteiger partial charge in [-0.3, -0.25) is 4.90 Å². The summed E-state index contributed by atoms with van der Waals surface area (Å²) in [5.41, 5.74) is 0.766. The molecule has 22 heavy (non-hydrogen) atoms. The van der Waals surface area contributed by atoms with Gasteiger partial charge in [0.1, 0.15) is 0 Å². The minimum absolute atomic E-state index is 0.454. The Balaban J connectivity index is 1.82. The van der Waals surface area contributed by atoms with E-state index < -0.39 is 0 Å².